The topological polar surface area (TPSA) is 84.6 Å². The van der Waals surface area contributed by atoms with Gasteiger partial charge in [0.15, 0.2) is 4.90 Å². The number of anilines is 1. The second-order valence-electron chi connectivity index (χ2n) is 6.24. The van der Waals surface area contributed by atoms with Crippen LogP contribution in [-0.4, -0.2) is 42.5 Å². The van der Waals surface area contributed by atoms with Crippen molar-refractivity contribution in [3.05, 3.63) is 56.9 Å². The van der Waals surface area contributed by atoms with E-state index in [2.05, 4.69) is 0 Å². The van der Waals surface area contributed by atoms with Gasteiger partial charge < -0.3 is 9.47 Å². The van der Waals surface area contributed by atoms with Crippen molar-refractivity contribution in [1.82, 2.24) is 13.4 Å². The lowest BCUT2D eigenvalue weighted by atomic mass is 10.2. The van der Waals surface area contributed by atoms with Gasteiger partial charge in [0.2, 0.25) is 10.0 Å². The third kappa shape index (κ3) is 3.73. The summed E-state index contributed by atoms with van der Waals surface area (Å²) in [6.45, 7) is 2.04. The predicted octanol–water partition coefficient (Wildman–Crippen LogP) is 0.361. The number of hydrogen-bond donors (Lipinski definition) is 0. The lowest BCUT2D eigenvalue weighted by molar-refractivity contribution is 0.421. The van der Waals surface area contributed by atoms with Gasteiger partial charge in [-0.3, -0.25) is 9.36 Å². The Bertz CT molecular complexity index is 1000. The number of hydrogen-bond acceptors (Lipinski definition) is 5. The SMILES string of the molecule is CCN(Cc1ccc(N(C)C)cc1)S(=O)(=O)c1cn(C)c(=O)n(C)c1=O. The number of aryl methyl sites for hydroxylation is 1. The first kappa shape index (κ1) is 19.9. The zero-order chi connectivity index (χ0) is 19.6. The molecule has 26 heavy (non-hydrogen) atoms. The Morgan fingerprint density at radius 3 is 2.12 bits per heavy atom. The van der Waals surface area contributed by atoms with Gasteiger partial charge >= 0.3 is 5.69 Å². The van der Waals surface area contributed by atoms with Crippen LogP contribution in [0, 0.1) is 0 Å². The molecule has 2 aromatic rings. The number of rotatable bonds is 6. The first-order valence-corrected chi connectivity index (χ1v) is 9.56. The number of sulfonamides is 1. The molecule has 142 valence electrons. The summed E-state index contributed by atoms with van der Waals surface area (Å²) < 4.78 is 29.0. The van der Waals surface area contributed by atoms with E-state index in [1.54, 1.807) is 6.92 Å². The Balaban J connectivity index is 2.43. The third-order valence-corrected chi connectivity index (χ3v) is 6.10. The number of nitrogens with zero attached hydrogens (tertiary/aromatic N) is 4. The van der Waals surface area contributed by atoms with Crippen LogP contribution in [0.3, 0.4) is 0 Å². The van der Waals surface area contributed by atoms with Gasteiger partial charge in [0.1, 0.15) is 0 Å². The molecule has 0 aliphatic rings. The standard InChI is InChI=1S/C17H24N4O4S/c1-6-21(11-13-7-9-14(10-8-13)18(2)3)26(24,25)15-12-19(4)17(23)20(5)16(15)22/h7-10,12H,6,11H2,1-5H3. The van der Waals surface area contributed by atoms with E-state index in [-0.39, 0.29) is 13.1 Å². The summed E-state index contributed by atoms with van der Waals surface area (Å²) in [5.41, 5.74) is 0.417. The smallest absolute Gasteiger partial charge is 0.330 e. The summed E-state index contributed by atoms with van der Waals surface area (Å²) in [4.78, 5) is 25.7. The fourth-order valence-corrected chi connectivity index (χ4v) is 4.15. The van der Waals surface area contributed by atoms with Gasteiger partial charge in [-0.2, -0.15) is 4.31 Å². The van der Waals surface area contributed by atoms with Crippen LogP contribution in [-0.2, 0) is 30.7 Å². The molecule has 0 spiro atoms. The van der Waals surface area contributed by atoms with E-state index in [1.165, 1.54) is 18.4 Å². The summed E-state index contributed by atoms with van der Waals surface area (Å²) in [7, 11) is 2.49. The maximum absolute atomic E-state index is 13.0. The van der Waals surface area contributed by atoms with Crippen molar-refractivity contribution in [2.45, 2.75) is 18.4 Å². The van der Waals surface area contributed by atoms with Crippen LogP contribution in [0.4, 0.5) is 5.69 Å². The zero-order valence-corrected chi connectivity index (χ0v) is 16.4. The third-order valence-electron chi connectivity index (χ3n) is 4.20. The van der Waals surface area contributed by atoms with Crippen molar-refractivity contribution >= 4 is 15.7 Å². The van der Waals surface area contributed by atoms with Crippen molar-refractivity contribution in [2.24, 2.45) is 14.1 Å². The van der Waals surface area contributed by atoms with E-state index >= 15 is 0 Å². The zero-order valence-electron chi connectivity index (χ0n) is 15.6. The Morgan fingerprint density at radius 2 is 1.62 bits per heavy atom. The van der Waals surface area contributed by atoms with E-state index in [0.717, 1.165) is 26.6 Å². The highest BCUT2D eigenvalue weighted by Gasteiger charge is 2.28. The molecule has 2 rings (SSSR count). The molecule has 1 aromatic carbocycles. The first-order chi connectivity index (χ1) is 12.1. The molecule has 0 aliphatic carbocycles. The van der Waals surface area contributed by atoms with Crippen molar-refractivity contribution in [3.63, 3.8) is 0 Å². The number of aromatic nitrogens is 2. The summed E-state index contributed by atoms with van der Waals surface area (Å²) in [6, 6.07) is 7.51. The van der Waals surface area contributed by atoms with Gasteiger partial charge in [0.05, 0.1) is 0 Å². The van der Waals surface area contributed by atoms with Crippen molar-refractivity contribution in [2.75, 3.05) is 25.5 Å². The second-order valence-corrected chi connectivity index (χ2v) is 8.15. The van der Waals surface area contributed by atoms with Crippen LogP contribution in [0.15, 0.2) is 44.9 Å². The molecule has 9 heteroatoms. The highest BCUT2D eigenvalue weighted by atomic mass is 32.2. The Morgan fingerprint density at radius 1 is 1.04 bits per heavy atom. The van der Waals surface area contributed by atoms with E-state index in [9.17, 15) is 18.0 Å². The van der Waals surface area contributed by atoms with Gasteiger partial charge in [0.25, 0.3) is 5.56 Å². The maximum atomic E-state index is 13.0. The van der Waals surface area contributed by atoms with Crippen LogP contribution < -0.4 is 16.1 Å². The predicted molar refractivity (Wildman–Crippen MR) is 101 cm³/mol. The minimum absolute atomic E-state index is 0.137. The Labute approximate surface area is 153 Å². The fourth-order valence-electron chi connectivity index (χ4n) is 2.56. The Kier molecular flexibility index (Phi) is 5.72. The van der Waals surface area contributed by atoms with Crippen LogP contribution in [0.5, 0.6) is 0 Å². The summed E-state index contributed by atoms with van der Waals surface area (Å²) in [6.07, 6.45) is 1.08. The highest BCUT2D eigenvalue weighted by Crippen LogP contribution is 2.17. The molecule has 0 saturated carbocycles. The molecule has 0 fully saturated rings. The molecule has 1 heterocycles. The van der Waals surface area contributed by atoms with Crippen molar-refractivity contribution in [1.29, 1.82) is 0 Å². The summed E-state index contributed by atoms with van der Waals surface area (Å²) in [5, 5.41) is 0. The van der Waals surface area contributed by atoms with E-state index in [1.807, 2.05) is 43.3 Å². The average Bonchev–Trinajstić information content (AvgIpc) is 2.60. The monoisotopic (exact) mass is 380 g/mol. The molecule has 0 N–H and O–H groups in total. The molecule has 0 atom stereocenters. The van der Waals surface area contributed by atoms with Crippen molar-refractivity contribution in [3.8, 4) is 0 Å². The normalized spacial score (nSPS) is 11.8. The minimum atomic E-state index is -4.04. The molecular weight excluding hydrogens is 356 g/mol. The molecule has 0 bridgehead atoms. The number of benzene rings is 1. The molecule has 0 radical (unpaired) electrons. The van der Waals surface area contributed by atoms with E-state index < -0.39 is 26.2 Å². The lowest BCUT2D eigenvalue weighted by Crippen LogP contribution is -2.42. The van der Waals surface area contributed by atoms with Crippen molar-refractivity contribution < 1.29 is 8.42 Å². The summed E-state index contributed by atoms with van der Waals surface area (Å²) in [5.74, 6) is 0. The van der Waals surface area contributed by atoms with E-state index in [0.29, 0.717) is 0 Å². The van der Waals surface area contributed by atoms with Crippen LogP contribution in [0.1, 0.15) is 12.5 Å². The van der Waals surface area contributed by atoms with E-state index in [4.69, 9.17) is 0 Å². The molecule has 0 saturated heterocycles. The van der Waals surface area contributed by atoms with Crippen LogP contribution in [0.25, 0.3) is 0 Å². The van der Waals surface area contributed by atoms with Crippen LogP contribution >= 0.6 is 0 Å². The first-order valence-electron chi connectivity index (χ1n) is 8.12. The van der Waals surface area contributed by atoms with Crippen LogP contribution in [0.2, 0.25) is 0 Å². The molecule has 1 aromatic heterocycles. The largest absolute Gasteiger partial charge is 0.378 e. The fraction of sp³-hybridized carbons (Fsp3) is 0.412. The molecule has 0 unspecified atom stereocenters. The maximum Gasteiger partial charge on any atom is 0.330 e. The van der Waals surface area contributed by atoms with Gasteiger partial charge in [-0.1, -0.05) is 19.1 Å². The molecular formula is C17H24N4O4S. The summed E-state index contributed by atoms with van der Waals surface area (Å²) >= 11 is 0. The van der Waals surface area contributed by atoms with Gasteiger partial charge in [-0.15, -0.1) is 0 Å². The molecule has 0 aliphatic heterocycles. The van der Waals surface area contributed by atoms with Gasteiger partial charge in [-0.25, -0.2) is 13.2 Å². The average molecular weight is 380 g/mol. The molecule has 8 nitrogen and oxygen atoms in total. The lowest BCUT2D eigenvalue weighted by Gasteiger charge is -2.21. The molecule has 0 amide bonds. The van der Waals surface area contributed by atoms with Gasteiger partial charge in [0, 0.05) is 53.2 Å². The minimum Gasteiger partial charge on any atom is -0.378 e. The van der Waals surface area contributed by atoms with Gasteiger partial charge in [-0.05, 0) is 17.7 Å². The second kappa shape index (κ2) is 7.46. The Hall–Kier alpha value is -2.39. The highest BCUT2D eigenvalue weighted by molar-refractivity contribution is 7.89. The quantitative estimate of drug-likeness (QED) is 0.723.